The molecule has 5 atom stereocenters. The highest BCUT2D eigenvalue weighted by Crippen LogP contribution is 2.45. The molecule has 6 aromatic rings. The summed E-state index contributed by atoms with van der Waals surface area (Å²) < 4.78 is 18.9. The fourth-order valence-electron chi connectivity index (χ4n) is 23.6. The summed E-state index contributed by atoms with van der Waals surface area (Å²) >= 11 is 1.72. The number of anilines is 1. The van der Waals surface area contributed by atoms with Gasteiger partial charge in [-0.15, -0.1) is 0 Å². The van der Waals surface area contributed by atoms with Gasteiger partial charge in [0.1, 0.15) is 5.75 Å². The lowest BCUT2D eigenvalue weighted by atomic mass is 9.65. The van der Waals surface area contributed by atoms with Crippen LogP contribution in [-0.4, -0.2) is 147 Å². The van der Waals surface area contributed by atoms with E-state index in [1.807, 2.05) is 18.2 Å². The molecule has 14 aliphatic heterocycles. The van der Waals surface area contributed by atoms with Crippen LogP contribution in [0.1, 0.15) is 307 Å². The zero-order valence-electron chi connectivity index (χ0n) is 80.0. The molecule has 0 amide bonds. The van der Waals surface area contributed by atoms with Gasteiger partial charge in [-0.2, -0.15) is 0 Å². The Morgan fingerprint density at radius 1 is 0.312 bits per heavy atom. The van der Waals surface area contributed by atoms with Crippen LogP contribution in [0.3, 0.4) is 0 Å². The Bertz CT molecular complexity index is 3260. The average molecular weight is 1770 g/mol. The lowest BCUT2D eigenvalue weighted by Gasteiger charge is -2.49. The van der Waals surface area contributed by atoms with E-state index < -0.39 is 0 Å². The van der Waals surface area contributed by atoms with Crippen LogP contribution in [0.2, 0.25) is 0 Å². The average Bonchev–Trinajstić information content (AvgIpc) is 1.21. The summed E-state index contributed by atoms with van der Waals surface area (Å²) in [5.74, 6) is 7.82. The van der Waals surface area contributed by atoms with Gasteiger partial charge in [0, 0.05) is 119 Å². The molecule has 0 aromatic heterocycles. The van der Waals surface area contributed by atoms with E-state index >= 15 is 0 Å². The molecule has 1 spiro atoms. The van der Waals surface area contributed by atoms with Gasteiger partial charge in [-0.25, -0.2) is 0 Å². The lowest BCUT2D eigenvalue weighted by Crippen LogP contribution is -2.57. The van der Waals surface area contributed by atoms with Crippen LogP contribution in [0.4, 0.5) is 5.69 Å². The fraction of sp³-hybridized carbons (Fsp3) is 0.684. The van der Waals surface area contributed by atoms with Gasteiger partial charge in [-0.1, -0.05) is 249 Å². The molecule has 11 aliphatic carbocycles. The quantitative estimate of drug-likeness (QED) is 0.0667. The number of benzene rings is 6. The molecule has 10 saturated heterocycles. The number of nitrogens with one attached hydrogen (secondary N) is 9. The summed E-state index contributed by atoms with van der Waals surface area (Å²) in [5.41, 5.74) is 15.6. The van der Waals surface area contributed by atoms with Crippen molar-refractivity contribution in [2.45, 2.75) is 350 Å². The smallest absolute Gasteiger partial charge is 0.122 e. The molecule has 706 valence electrons. The van der Waals surface area contributed by atoms with Crippen LogP contribution in [0.5, 0.6) is 5.75 Å². The maximum Gasteiger partial charge on any atom is 0.122 e. The van der Waals surface area contributed by atoms with E-state index in [4.69, 9.17) is 14.2 Å². The molecule has 19 fully saturated rings. The predicted molar refractivity (Wildman–Crippen MR) is 541 cm³/mol. The number of aryl methyl sites for hydroxylation is 4. The first kappa shape index (κ1) is 98.8. The molecule has 0 radical (unpaired) electrons. The molecule has 10 bridgehead atoms. The second kappa shape index (κ2) is 57.5. The fourth-order valence-corrected chi connectivity index (χ4v) is 24.4. The number of para-hydroxylation sites is 2. The summed E-state index contributed by atoms with van der Waals surface area (Å²) in [6.07, 6.45) is 67.8. The van der Waals surface area contributed by atoms with Crippen LogP contribution < -0.4 is 52.0 Å². The maximum absolute atomic E-state index is 5.36. The molecule has 5 unspecified atom stereocenters. The summed E-state index contributed by atoms with van der Waals surface area (Å²) in [5, 5.41) is 27.2. The van der Waals surface area contributed by atoms with E-state index in [-0.39, 0.29) is 0 Å². The number of morpholine rings is 1. The number of fused-ring (bicyclic) bond motifs is 19. The van der Waals surface area contributed by atoms with Gasteiger partial charge in [-0.05, 0) is 327 Å². The van der Waals surface area contributed by atoms with Crippen molar-refractivity contribution in [1.29, 1.82) is 0 Å². The molecule has 6 aromatic carbocycles. The number of hydrogen-bond donors (Lipinski definition) is 9. The molecular formula is C114H176N10O3S. The Morgan fingerprint density at radius 3 is 1.23 bits per heavy atom. The minimum absolute atomic E-state index is 0.655. The van der Waals surface area contributed by atoms with Crippen molar-refractivity contribution in [2.75, 3.05) is 117 Å². The lowest BCUT2D eigenvalue weighted by molar-refractivity contribution is -0.0168. The molecule has 31 rings (SSSR count). The summed E-state index contributed by atoms with van der Waals surface area (Å²) in [7, 11) is 0. The molecule has 14 heterocycles. The molecule has 13 nitrogen and oxygen atoms in total. The first-order valence-electron chi connectivity index (χ1n) is 53.6. The SMILES string of the molecule is C1CC2(C1)CNC2.C1CC2CC1CN2.C1CC2CCC(C1)N2.C1CC2CCC1C2.C1CC2CCC1CC2.C1CC2CCC1CN2.C1CCCCC1.C1CCNCC1.C1CCOCC1.C1CN2CCOCC2CN1.c1ccc2c(c1)CCC2.c1ccc2c(c1)CCC2.c1ccc2c(c1)CCN2.c1ccc2c(c1)CCNC2.c1ccc2c(c1)CCO2.c1ccc2c(c1)CNS2. The summed E-state index contributed by atoms with van der Waals surface area (Å²) in [6, 6.07) is 55.5. The second-order valence-corrected chi connectivity index (χ2v) is 42.5. The number of piperidine rings is 5. The van der Waals surface area contributed by atoms with E-state index in [2.05, 4.69) is 180 Å². The van der Waals surface area contributed by atoms with Gasteiger partial charge in [0.25, 0.3) is 0 Å². The number of piperazine rings is 1. The Morgan fingerprint density at radius 2 is 0.820 bits per heavy atom. The minimum atomic E-state index is 0.655. The highest BCUT2D eigenvalue weighted by Gasteiger charge is 2.42. The third-order valence-corrected chi connectivity index (χ3v) is 33.0. The van der Waals surface area contributed by atoms with Crippen molar-refractivity contribution in [1.82, 2.24) is 46.8 Å². The highest BCUT2D eigenvalue weighted by atomic mass is 32.2. The van der Waals surface area contributed by atoms with Crippen molar-refractivity contribution < 1.29 is 14.2 Å². The molecule has 128 heavy (non-hydrogen) atoms. The Labute approximate surface area is 782 Å². The van der Waals surface area contributed by atoms with E-state index in [0.29, 0.717) is 6.04 Å². The van der Waals surface area contributed by atoms with E-state index in [9.17, 15) is 0 Å². The number of hydrogen-bond acceptors (Lipinski definition) is 14. The van der Waals surface area contributed by atoms with Crippen LogP contribution in [-0.2, 0) is 67.5 Å². The van der Waals surface area contributed by atoms with Gasteiger partial charge in [-0.3, -0.25) is 9.62 Å². The van der Waals surface area contributed by atoms with Crippen LogP contribution in [0.15, 0.2) is 150 Å². The molecule has 14 heteroatoms. The topological polar surface area (TPSA) is 139 Å². The Kier molecular flexibility index (Phi) is 44.4. The molecular weight excluding hydrogens is 1590 g/mol. The third-order valence-electron chi connectivity index (χ3n) is 32.1. The molecule has 9 saturated carbocycles. The number of rotatable bonds is 0. The van der Waals surface area contributed by atoms with Crippen molar-refractivity contribution in [3.05, 3.63) is 196 Å². The van der Waals surface area contributed by atoms with Gasteiger partial charge in [0.2, 0.25) is 0 Å². The molecule has 25 aliphatic rings. The maximum atomic E-state index is 5.36. The first-order valence-corrected chi connectivity index (χ1v) is 54.4. The summed E-state index contributed by atoms with van der Waals surface area (Å²) in [4.78, 5) is 3.89. The van der Waals surface area contributed by atoms with Gasteiger partial charge >= 0.3 is 0 Å². The Balaban J connectivity index is 0.000000111. The highest BCUT2D eigenvalue weighted by molar-refractivity contribution is 7.97. The largest absolute Gasteiger partial charge is 0.493 e. The zero-order valence-corrected chi connectivity index (χ0v) is 80.8. The van der Waals surface area contributed by atoms with Crippen molar-refractivity contribution >= 4 is 17.6 Å². The van der Waals surface area contributed by atoms with E-state index in [1.165, 1.54) is 321 Å². The number of ether oxygens (including phenoxy) is 3. The van der Waals surface area contributed by atoms with E-state index in [0.717, 1.165) is 144 Å². The van der Waals surface area contributed by atoms with Crippen molar-refractivity contribution in [3.8, 4) is 5.75 Å². The third kappa shape index (κ3) is 34.9. The van der Waals surface area contributed by atoms with Crippen molar-refractivity contribution in [3.63, 3.8) is 0 Å². The minimum Gasteiger partial charge on any atom is -0.493 e. The van der Waals surface area contributed by atoms with Crippen LogP contribution in [0, 0.1) is 40.9 Å². The normalized spacial score (nSPS) is 28.3. The second-order valence-electron chi connectivity index (χ2n) is 41.6. The summed E-state index contributed by atoms with van der Waals surface area (Å²) in [6.45, 7) is 21.4. The van der Waals surface area contributed by atoms with Crippen LogP contribution >= 0.6 is 11.9 Å². The van der Waals surface area contributed by atoms with Gasteiger partial charge in [0.15, 0.2) is 0 Å². The van der Waals surface area contributed by atoms with E-state index in [1.54, 1.807) is 105 Å². The molecule has 9 N–H and O–H groups in total. The predicted octanol–water partition coefficient (Wildman–Crippen LogP) is 23.1. The number of nitrogens with zero attached hydrogens (tertiary/aromatic N) is 1. The van der Waals surface area contributed by atoms with Crippen molar-refractivity contribution in [2.24, 2.45) is 40.9 Å². The zero-order chi connectivity index (χ0) is 87.2. The van der Waals surface area contributed by atoms with Gasteiger partial charge < -0.3 is 56.7 Å². The standard InChI is InChI=1S/C9H11N.2C9H10.C8H9N.C8H8O.C8H14.C7H14N2O.C7H7NS.2C7H13N.C7H12.2C6H11N.C6H12.C5H11N.C5H10O/c1-2-4-9-7-10-6-5-8(9)3-1;2*1-2-5-9-7-3-6-8(9)4-1;2*1-2-4-8-7(3-1)5-6-9-8;1-2-8-5-3-7(1)4-6-8;1-2-9-3-4-10-6-7(9)5-8-1;1-2-4-7-6(3-1)5-8-9-7;1-3-7-4-2-6(1)5-8-7;1-2-6-4-5-7(3-1)8-6;1-2-7-4-3-6(1)5-7;1-2-6-3-5(1)4-7-6;1-2-6(3-1)4-7-5-6;3*1-2-4-6-5-3-1/h1-4,10H,5-7H2;2*1-2,4-5H,3,6-7H2;1-4,9H,5-6H2;1-4H,5-6H2;7-8H,1-6H2;7-8H,1-6H2;1-4,8H,5H2;2*6-8H,1-5H2;6-7H,1-5H2;5-7H,1-4H2;7H,1-5H2;1-6H2;6H,1-5H2;1-5H2. The van der Waals surface area contributed by atoms with Gasteiger partial charge in [0.05, 0.1) is 19.8 Å². The van der Waals surface area contributed by atoms with Crippen LogP contribution in [0.25, 0.3) is 0 Å². The monoisotopic (exact) mass is 1770 g/mol. The first-order chi connectivity index (χ1) is 63.4. The Hall–Kier alpha value is -5.17.